The van der Waals surface area contributed by atoms with Crippen molar-refractivity contribution >= 4 is 12.6 Å². The van der Waals surface area contributed by atoms with E-state index in [1.165, 1.54) is 11.1 Å². The van der Waals surface area contributed by atoms with E-state index < -0.39 is 0 Å². The number of benzene rings is 1. The van der Waals surface area contributed by atoms with E-state index in [2.05, 4.69) is 58.1 Å². The number of hydrogen-bond acceptors (Lipinski definition) is 3. The topological polar surface area (TPSA) is 30.5 Å². The van der Waals surface area contributed by atoms with Crippen LogP contribution >= 0.6 is 0 Å². The molecule has 4 heteroatoms. The van der Waals surface area contributed by atoms with Gasteiger partial charge in [0.15, 0.2) is 0 Å². The predicted molar refractivity (Wildman–Crippen MR) is 79.7 cm³/mol. The summed E-state index contributed by atoms with van der Waals surface area (Å²) in [5.74, 6) is 0. The van der Waals surface area contributed by atoms with Gasteiger partial charge in [0, 0.05) is 6.54 Å². The minimum Gasteiger partial charge on any atom is -0.399 e. The molecule has 0 aliphatic carbocycles. The Balaban J connectivity index is 2.29. The average Bonchev–Trinajstić information content (AvgIpc) is 2.48. The summed E-state index contributed by atoms with van der Waals surface area (Å²) in [5, 5.41) is 3.18. The third-order valence-corrected chi connectivity index (χ3v) is 4.07. The fourth-order valence-electron chi connectivity index (χ4n) is 2.32. The van der Waals surface area contributed by atoms with Gasteiger partial charge in [-0.2, -0.15) is 0 Å². The first-order valence-electron chi connectivity index (χ1n) is 6.86. The maximum absolute atomic E-state index is 6.10. The standard InChI is InChI=1S/C15H24BNO2/c1-11-7-12(10-17-6)9-13(8-11)16-18-14(2,3)15(4,5)19-16/h7-9,17H,10H2,1-6H3. The van der Waals surface area contributed by atoms with Crippen molar-refractivity contribution < 1.29 is 9.31 Å². The van der Waals surface area contributed by atoms with Gasteiger partial charge in [0.1, 0.15) is 0 Å². The highest BCUT2D eigenvalue weighted by atomic mass is 16.7. The maximum Gasteiger partial charge on any atom is 0.494 e. The monoisotopic (exact) mass is 261 g/mol. The van der Waals surface area contributed by atoms with Crippen LogP contribution in [0.1, 0.15) is 38.8 Å². The second kappa shape index (κ2) is 4.93. The van der Waals surface area contributed by atoms with Crippen molar-refractivity contribution in [1.82, 2.24) is 5.32 Å². The van der Waals surface area contributed by atoms with Gasteiger partial charge in [-0.3, -0.25) is 0 Å². The zero-order valence-corrected chi connectivity index (χ0v) is 12.8. The van der Waals surface area contributed by atoms with Crippen LogP contribution in [-0.2, 0) is 15.9 Å². The van der Waals surface area contributed by atoms with E-state index in [-0.39, 0.29) is 18.3 Å². The van der Waals surface area contributed by atoms with Crippen molar-refractivity contribution in [2.45, 2.75) is 52.4 Å². The lowest BCUT2D eigenvalue weighted by atomic mass is 9.77. The zero-order valence-electron chi connectivity index (χ0n) is 12.8. The smallest absolute Gasteiger partial charge is 0.399 e. The summed E-state index contributed by atoms with van der Waals surface area (Å²) in [6.07, 6.45) is 0. The van der Waals surface area contributed by atoms with Crippen molar-refractivity contribution in [2.75, 3.05) is 7.05 Å². The molecule has 104 valence electrons. The van der Waals surface area contributed by atoms with Crippen LogP contribution in [0.4, 0.5) is 0 Å². The SMILES string of the molecule is CNCc1cc(C)cc(B2OC(C)(C)C(C)(C)O2)c1. The van der Waals surface area contributed by atoms with Crippen molar-refractivity contribution in [3.63, 3.8) is 0 Å². The van der Waals surface area contributed by atoms with Gasteiger partial charge in [0.25, 0.3) is 0 Å². The zero-order chi connectivity index (χ0) is 14.3. The molecular weight excluding hydrogens is 237 g/mol. The Kier molecular flexibility index (Phi) is 3.78. The van der Waals surface area contributed by atoms with Crippen LogP contribution in [0.5, 0.6) is 0 Å². The molecule has 0 unspecified atom stereocenters. The lowest BCUT2D eigenvalue weighted by Gasteiger charge is -2.32. The fraction of sp³-hybridized carbons (Fsp3) is 0.600. The molecule has 0 radical (unpaired) electrons. The Morgan fingerprint density at radius 1 is 1.05 bits per heavy atom. The second-order valence-corrected chi connectivity index (χ2v) is 6.37. The first-order chi connectivity index (χ1) is 8.75. The van der Waals surface area contributed by atoms with Gasteiger partial charge in [-0.05, 0) is 52.7 Å². The van der Waals surface area contributed by atoms with E-state index in [0.29, 0.717) is 0 Å². The molecule has 19 heavy (non-hydrogen) atoms. The molecular formula is C15H24BNO2. The van der Waals surface area contributed by atoms with Gasteiger partial charge in [-0.15, -0.1) is 0 Å². The summed E-state index contributed by atoms with van der Waals surface area (Å²) >= 11 is 0. The molecule has 1 aromatic rings. The van der Waals surface area contributed by atoms with Crippen LogP contribution in [0.2, 0.25) is 0 Å². The Morgan fingerprint density at radius 3 is 2.16 bits per heavy atom. The average molecular weight is 261 g/mol. The summed E-state index contributed by atoms with van der Waals surface area (Å²) in [4.78, 5) is 0. The predicted octanol–water partition coefficient (Wildman–Crippen LogP) is 2.01. The molecule has 1 heterocycles. The highest BCUT2D eigenvalue weighted by Gasteiger charge is 2.51. The molecule has 0 aromatic heterocycles. The molecule has 0 spiro atoms. The summed E-state index contributed by atoms with van der Waals surface area (Å²) in [6.45, 7) is 11.3. The molecule has 0 saturated carbocycles. The van der Waals surface area contributed by atoms with E-state index >= 15 is 0 Å². The molecule has 0 amide bonds. The fourth-order valence-corrected chi connectivity index (χ4v) is 2.32. The molecule has 1 fully saturated rings. The Bertz CT molecular complexity index is 455. The molecule has 2 rings (SSSR count). The van der Waals surface area contributed by atoms with Crippen LogP contribution in [0.15, 0.2) is 18.2 Å². The van der Waals surface area contributed by atoms with Crippen molar-refractivity contribution in [3.8, 4) is 0 Å². The lowest BCUT2D eigenvalue weighted by molar-refractivity contribution is 0.00578. The summed E-state index contributed by atoms with van der Waals surface area (Å²) in [7, 11) is 1.68. The van der Waals surface area contributed by atoms with Gasteiger partial charge >= 0.3 is 7.12 Å². The molecule has 1 saturated heterocycles. The van der Waals surface area contributed by atoms with Crippen molar-refractivity contribution in [2.24, 2.45) is 0 Å². The number of aryl methyl sites for hydroxylation is 1. The van der Waals surface area contributed by atoms with E-state index in [9.17, 15) is 0 Å². The second-order valence-electron chi connectivity index (χ2n) is 6.37. The Morgan fingerprint density at radius 2 is 1.63 bits per heavy atom. The van der Waals surface area contributed by atoms with Crippen molar-refractivity contribution in [3.05, 3.63) is 29.3 Å². The molecule has 1 aromatic carbocycles. The van der Waals surface area contributed by atoms with Crippen LogP contribution in [0.3, 0.4) is 0 Å². The van der Waals surface area contributed by atoms with Crippen LogP contribution in [0, 0.1) is 6.92 Å². The molecule has 1 N–H and O–H groups in total. The van der Waals surface area contributed by atoms with Gasteiger partial charge in [-0.25, -0.2) is 0 Å². The van der Waals surface area contributed by atoms with E-state index in [1.807, 2.05) is 7.05 Å². The van der Waals surface area contributed by atoms with Gasteiger partial charge < -0.3 is 14.6 Å². The van der Waals surface area contributed by atoms with Crippen molar-refractivity contribution in [1.29, 1.82) is 0 Å². The van der Waals surface area contributed by atoms with E-state index in [4.69, 9.17) is 9.31 Å². The normalized spacial score (nSPS) is 20.8. The summed E-state index contributed by atoms with van der Waals surface area (Å²) in [6, 6.07) is 6.48. The highest BCUT2D eigenvalue weighted by Crippen LogP contribution is 2.36. The number of hydrogen-bond donors (Lipinski definition) is 1. The van der Waals surface area contributed by atoms with Crippen LogP contribution < -0.4 is 10.8 Å². The largest absolute Gasteiger partial charge is 0.494 e. The van der Waals surface area contributed by atoms with Crippen LogP contribution in [0.25, 0.3) is 0 Å². The van der Waals surface area contributed by atoms with Gasteiger partial charge in [0.2, 0.25) is 0 Å². The first-order valence-corrected chi connectivity index (χ1v) is 6.86. The Hall–Kier alpha value is -0.835. The highest BCUT2D eigenvalue weighted by molar-refractivity contribution is 6.62. The maximum atomic E-state index is 6.10. The Labute approximate surface area is 116 Å². The molecule has 3 nitrogen and oxygen atoms in total. The minimum atomic E-state index is -0.287. The number of nitrogens with one attached hydrogen (secondary N) is 1. The van der Waals surface area contributed by atoms with Crippen LogP contribution in [-0.4, -0.2) is 25.4 Å². The molecule has 1 aliphatic heterocycles. The number of rotatable bonds is 3. The third kappa shape index (κ3) is 2.86. The summed E-state index contributed by atoms with van der Waals surface area (Å²) < 4.78 is 12.2. The molecule has 0 bridgehead atoms. The lowest BCUT2D eigenvalue weighted by Crippen LogP contribution is -2.41. The minimum absolute atomic E-state index is 0.277. The summed E-state index contributed by atoms with van der Waals surface area (Å²) in [5.41, 5.74) is 3.02. The quantitative estimate of drug-likeness (QED) is 0.844. The molecule has 0 atom stereocenters. The molecule has 1 aliphatic rings. The van der Waals surface area contributed by atoms with Gasteiger partial charge in [0.05, 0.1) is 11.2 Å². The third-order valence-electron chi connectivity index (χ3n) is 4.07. The van der Waals surface area contributed by atoms with E-state index in [1.54, 1.807) is 0 Å². The van der Waals surface area contributed by atoms with Gasteiger partial charge in [-0.1, -0.05) is 23.8 Å². The van der Waals surface area contributed by atoms with E-state index in [0.717, 1.165) is 12.0 Å². The first kappa shape index (κ1) is 14.6.